The Morgan fingerprint density at radius 2 is 2.22 bits per heavy atom. The van der Waals surface area contributed by atoms with Gasteiger partial charge >= 0.3 is 0 Å². The van der Waals surface area contributed by atoms with Crippen LogP contribution in [0.4, 0.5) is 0 Å². The summed E-state index contributed by atoms with van der Waals surface area (Å²) in [4.78, 5) is 27.4. The second kappa shape index (κ2) is 5.40. The molecular weight excluding hydrogens is 294 g/mol. The van der Waals surface area contributed by atoms with Gasteiger partial charge in [-0.25, -0.2) is 4.98 Å². The SMILES string of the molecule is CC1(c2noc(C3CC3)n2)CCCCN1C(=O)c1cnccn1. The van der Waals surface area contributed by atoms with E-state index in [-0.39, 0.29) is 5.91 Å². The molecule has 2 fully saturated rings. The van der Waals surface area contributed by atoms with E-state index in [1.807, 2.05) is 11.8 Å². The van der Waals surface area contributed by atoms with Crippen LogP contribution in [0.1, 0.15) is 67.1 Å². The van der Waals surface area contributed by atoms with Gasteiger partial charge < -0.3 is 9.42 Å². The Balaban J connectivity index is 1.67. The predicted octanol–water partition coefficient (Wildman–Crippen LogP) is 2.28. The Kier molecular flexibility index (Phi) is 3.36. The summed E-state index contributed by atoms with van der Waals surface area (Å²) in [5.74, 6) is 1.60. The van der Waals surface area contributed by atoms with Gasteiger partial charge in [-0.3, -0.25) is 9.78 Å². The monoisotopic (exact) mass is 313 g/mol. The highest BCUT2D eigenvalue weighted by molar-refractivity contribution is 5.92. The maximum absolute atomic E-state index is 12.9. The molecule has 2 aromatic heterocycles. The van der Waals surface area contributed by atoms with Crippen LogP contribution in [-0.2, 0) is 5.54 Å². The number of aromatic nitrogens is 4. The Morgan fingerprint density at radius 3 is 2.96 bits per heavy atom. The van der Waals surface area contributed by atoms with E-state index < -0.39 is 5.54 Å². The van der Waals surface area contributed by atoms with Gasteiger partial charge in [-0.05, 0) is 39.0 Å². The summed E-state index contributed by atoms with van der Waals surface area (Å²) in [7, 11) is 0. The van der Waals surface area contributed by atoms with Crippen LogP contribution in [0.3, 0.4) is 0 Å². The summed E-state index contributed by atoms with van der Waals surface area (Å²) in [6.45, 7) is 2.68. The summed E-state index contributed by atoms with van der Waals surface area (Å²) in [5, 5.41) is 4.18. The molecule has 1 aliphatic heterocycles. The number of rotatable bonds is 3. The van der Waals surface area contributed by atoms with Crippen LogP contribution in [0.25, 0.3) is 0 Å². The third kappa shape index (κ3) is 2.50. The quantitative estimate of drug-likeness (QED) is 0.864. The highest BCUT2D eigenvalue weighted by atomic mass is 16.5. The Bertz CT molecular complexity index is 712. The van der Waals surface area contributed by atoms with Gasteiger partial charge in [-0.2, -0.15) is 4.98 Å². The number of piperidine rings is 1. The van der Waals surface area contributed by atoms with Crippen molar-refractivity contribution < 1.29 is 9.32 Å². The smallest absolute Gasteiger partial charge is 0.274 e. The molecule has 1 unspecified atom stereocenters. The van der Waals surface area contributed by atoms with Crippen LogP contribution in [0.2, 0.25) is 0 Å². The molecule has 1 amide bonds. The van der Waals surface area contributed by atoms with Crippen molar-refractivity contribution in [1.29, 1.82) is 0 Å². The first-order valence-corrected chi connectivity index (χ1v) is 8.10. The molecule has 0 radical (unpaired) electrons. The van der Waals surface area contributed by atoms with Crippen molar-refractivity contribution in [2.24, 2.45) is 0 Å². The zero-order chi connectivity index (χ0) is 15.9. The largest absolute Gasteiger partial charge is 0.339 e. The molecule has 3 heterocycles. The van der Waals surface area contributed by atoms with Crippen molar-refractivity contribution in [2.45, 2.75) is 50.5 Å². The van der Waals surface area contributed by atoms with Gasteiger partial charge in [0.1, 0.15) is 11.2 Å². The Morgan fingerprint density at radius 1 is 1.35 bits per heavy atom. The molecule has 0 spiro atoms. The van der Waals surface area contributed by atoms with Gasteiger partial charge in [-0.1, -0.05) is 5.16 Å². The van der Waals surface area contributed by atoms with Crippen molar-refractivity contribution in [2.75, 3.05) is 6.54 Å². The molecule has 0 aromatic carbocycles. The van der Waals surface area contributed by atoms with Crippen LogP contribution >= 0.6 is 0 Å². The average molecular weight is 313 g/mol. The van der Waals surface area contributed by atoms with Crippen molar-refractivity contribution in [1.82, 2.24) is 25.0 Å². The van der Waals surface area contributed by atoms with Gasteiger partial charge in [0.15, 0.2) is 5.82 Å². The van der Waals surface area contributed by atoms with E-state index in [9.17, 15) is 4.79 Å². The lowest BCUT2D eigenvalue weighted by Crippen LogP contribution is -2.51. The van der Waals surface area contributed by atoms with Crippen LogP contribution < -0.4 is 0 Å². The fraction of sp³-hybridized carbons (Fsp3) is 0.562. The minimum atomic E-state index is -0.552. The van der Waals surface area contributed by atoms with E-state index >= 15 is 0 Å². The van der Waals surface area contributed by atoms with Crippen LogP contribution in [-0.4, -0.2) is 37.5 Å². The van der Waals surface area contributed by atoms with Crippen molar-refractivity contribution >= 4 is 5.91 Å². The molecular formula is C16H19N5O2. The molecule has 1 aliphatic carbocycles. The van der Waals surface area contributed by atoms with Gasteiger partial charge in [0.25, 0.3) is 5.91 Å². The number of likely N-dealkylation sites (tertiary alicyclic amines) is 1. The maximum atomic E-state index is 12.9. The van der Waals surface area contributed by atoms with E-state index in [1.54, 1.807) is 6.20 Å². The second-order valence-corrected chi connectivity index (χ2v) is 6.51. The van der Waals surface area contributed by atoms with Crippen LogP contribution in [0.5, 0.6) is 0 Å². The maximum Gasteiger partial charge on any atom is 0.274 e. The molecule has 120 valence electrons. The van der Waals surface area contributed by atoms with E-state index in [0.29, 0.717) is 29.9 Å². The highest BCUT2D eigenvalue weighted by Gasteiger charge is 2.44. The van der Waals surface area contributed by atoms with Crippen LogP contribution in [0.15, 0.2) is 23.1 Å². The number of hydrogen-bond acceptors (Lipinski definition) is 6. The van der Waals surface area contributed by atoms with Gasteiger partial charge in [0, 0.05) is 24.9 Å². The number of carbonyl (C=O) groups is 1. The number of nitrogens with zero attached hydrogens (tertiary/aromatic N) is 5. The molecule has 7 nitrogen and oxygen atoms in total. The fourth-order valence-corrected chi connectivity index (χ4v) is 3.18. The van der Waals surface area contributed by atoms with Crippen molar-refractivity contribution in [3.05, 3.63) is 36.0 Å². The lowest BCUT2D eigenvalue weighted by Gasteiger charge is -2.42. The predicted molar refractivity (Wildman–Crippen MR) is 80.5 cm³/mol. The highest BCUT2D eigenvalue weighted by Crippen LogP contribution is 2.41. The first kappa shape index (κ1) is 14.3. The summed E-state index contributed by atoms with van der Waals surface area (Å²) in [6, 6.07) is 0. The molecule has 4 rings (SSSR count). The number of carbonyl (C=O) groups excluding carboxylic acids is 1. The van der Waals surface area contributed by atoms with E-state index in [4.69, 9.17) is 4.52 Å². The summed E-state index contributed by atoms with van der Waals surface area (Å²) < 4.78 is 5.41. The van der Waals surface area contributed by atoms with E-state index in [2.05, 4.69) is 20.1 Å². The fourth-order valence-electron chi connectivity index (χ4n) is 3.18. The van der Waals surface area contributed by atoms with E-state index in [1.165, 1.54) is 12.4 Å². The standard InChI is InChI=1S/C16H19N5O2/c1-16(15-19-13(23-20-15)11-4-5-11)6-2-3-9-21(16)14(22)12-10-17-7-8-18-12/h7-8,10-11H,2-6,9H2,1H3. The lowest BCUT2D eigenvalue weighted by molar-refractivity contribution is 0.0319. The average Bonchev–Trinajstić information content (AvgIpc) is 3.32. The third-order valence-electron chi connectivity index (χ3n) is 4.77. The molecule has 7 heteroatoms. The molecule has 1 saturated heterocycles. The molecule has 23 heavy (non-hydrogen) atoms. The zero-order valence-corrected chi connectivity index (χ0v) is 13.1. The topological polar surface area (TPSA) is 85.0 Å². The van der Waals surface area contributed by atoms with Gasteiger partial charge in [0.2, 0.25) is 5.89 Å². The van der Waals surface area contributed by atoms with E-state index in [0.717, 1.165) is 32.1 Å². The Hall–Kier alpha value is -2.31. The third-order valence-corrected chi connectivity index (χ3v) is 4.77. The molecule has 0 N–H and O–H groups in total. The number of hydrogen-bond donors (Lipinski definition) is 0. The molecule has 2 aliphatic rings. The Labute approximate surface area is 134 Å². The first-order chi connectivity index (χ1) is 11.2. The molecule has 1 atom stereocenters. The first-order valence-electron chi connectivity index (χ1n) is 8.10. The second-order valence-electron chi connectivity index (χ2n) is 6.51. The molecule has 2 aromatic rings. The normalized spacial score (nSPS) is 24.7. The molecule has 1 saturated carbocycles. The minimum Gasteiger partial charge on any atom is -0.339 e. The van der Waals surface area contributed by atoms with Gasteiger partial charge in [-0.15, -0.1) is 0 Å². The van der Waals surface area contributed by atoms with Gasteiger partial charge in [0.05, 0.1) is 6.20 Å². The van der Waals surface area contributed by atoms with Crippen molar-refractivity contribution in [3.8, 4) is 0 Å². The summed E-state index contributed by atoms with van der Waals surface area (Å²) in [5.41, 5.74) is -0.199. The minimum absolute atomic E-state index is 0.127. The lowest BCUT2D eigenvalue weighted by atomic mass is 9.87. The van der Waals surface area contributed by atoms with Crippen molar-refractivity contribution in [3.63, 3.8) is 0 Å². The molecule has 0 bridgehead atoms. The summed E-state index contributed by atoms with van der Waals surface area (Å²) in [6.07, 6.45) is 9.65. The summed E-state index contributed by atoms with van der Waals surface area (Å²) >= 11 is 0. The zero-order valence-electron chi connectivity index (χ0n) is 13.1. The number of amides is 1. The van der Waals surface area contributed by atoms with Crippen LogP contribution in [0, 0.1) is 0 Å².